The van der Waals surface area contributed by atoms with Gasteiger partial charge in [0.15, 0.2) is 0 Å². The maximum atomic E-state index is 12.8. The lowest BCUT2D eigenvalue weighted by Gasteiger charge is -2.10. The number of benzene rings is 3. The molecule has 0 saturated carbocycles. The topological polar surface area (TPSA) is 43.3 Å². The van der Waals surface area contributed by atoms with Crippen molar-refractivity contribution in [2.45, 2.75) is 33.9 Å². The van der Waals surface area contributed by atoms with Crippen molar-refractivity contribution in [3.8, 4) is 5.75 Å². The van der Waals surface area contributed by atoms with E-state index < -0.39 is 0 Å². The predicted molar refractivity (Wildman–Crippen MR) is 126 cm³/mol. The van der Waals surface area contributed by atoms with E-state index in [1.54, 1.807) is 0 Å². The van der Waals surface area contributed by atoms with E-state index in [0.29, 0.717) is 18.7 Å². The highest BCUT2D eigenvalue weighted by Gasteiger charge is 2.14. The van der Waals surface area contributed by atoms with E-state index in [-0.39, 0.29) is 5.91 Å². The molecule has 4 nitrogen and oxygen atoms in total. The van der Waals surface area contributed by atoms with Crippen LogP contribution < -0.4 is 10.1 Å². The van der Waals surface area contributed by atoms with Gasteiger partial charge >= 0.3 is 0 Å². The summed E-state index contributed by atoms with van der Waals surface area (Å²) < 4.78 is 7.79. The van der Waals surface area contributed by atoms with Gasteiger partial charge in [-0.05, 0) is 67.8 Å². The van der Waals surface area contributed by atoms with Crippen molar-refractivity contribution in [2.24, 2.45) is 0 Å². The number of aromatic nitrogens is 1. The summed E-state index contributed by atoms with van der Waals surface area (Å²) in [5.74, 6) is 0.775. The Hall–Kier alpha value is -3.53. The van der Waals surface area contributed by atoms with Gasteiger partial charge in [0.1, 0.15) is 5.75 Å². The second kappa shape index (κ2) is 9.09. The number of ether oxygens (including phenoxy) is 1. The molecule has 0 aliphatic heterocycles. The molecule has 1 N–H and O–H groups in total. The van der Waals surface area contributed by atoms with Gasteiger partial charge in [-0.25, -0.2) is 0 Å². The van der Waals surface area contributed by atoms with E-state index in [0.717, 1.165) is 28.8 Å². The van der Waals surface area contributed by atoms with E-state index in [1.807, 2.05) is 49.4 Å². The van der Waals surface area contributed by atoms with Crippen LogP contribution in [0.5, 0.6) is 5.75 Å². The van der Waals surface area contributed by atoms with Crippen LogP contribution in [0, 0.1) is 13.8 Å². The monoisotopic (exact) mass is 412 g/mol. The van der Waals surface area contributed by atoms with Crippen LogP contribution >= 0.6 is 0 Å². The van der Waals surface area contributed by atoms with E-state index in [2.05, 4.69) is 54.1 Å². The smallest absolute Gasteiger partial charge is 0.251 e. The lowest BCUT2D eigenvalue weighted by molar-refractivity contribution is 0.0951. The first-order chi connectivity index (χ1) is 15.1. The molecule has 0 aliphatic carbocycles. The van der Waals surface area contributed by atoms with Gasteiger partial charge in [-0.15, -0.1) is 0 Å². The van der Waals surface area contributed by atoms with Gasteiger partial charge in [0.25, 0.3) is 5.91 Å². The zero-order valence-electron chi connectivity index (χ0n) is 18.3. The van der Waals surface area contributed by atoms with E-state index in [4.69, 9.17) is 4.74 Å². The standard InChI is InChI=1S/C27H28N2O2/c1-4-31-24-13-10-21(11-14-24)17-28-27(30)23-12-15-26-25(16-23)19(2)20(3)29(26)18-22-8-6-5-7-9-22/h5-16H,4,17-18H2,1-3H3,(H,28,30). The lowest BCUT2D eigenvalue weighted by atomic mass is 10.1. The summed E-state index contributed by atoms with van der Waals surface area (Å²) in [6, 6.07) is 24.2. The molecule has 0 radical (unpaired) electrons. The van der Waals surface area contributed by atoms with Gasteiger partial charge < -0.3 is 14.6 Å². The molecular weight excluding hydrogens is 384 g/mol. The fourth-order valence-electron chi connectivity index (χ4n) is 3.92. The maximum absolute atomic E-state index is 12.8. The Morgan fingerprint density at radius 3 is 2.39 bits per heavy atom. The summed E-state index contributed by atoms with van der Waals surface area (Å²) >= 11 is 0. The summed E-state index contributed by atoms with van der Waals surface area (Å²) in [6.07, 6.45) is 0. The second-order valence-electron chi connectivity index (χ2n) is 7.77. The van der Waals surface area contributed by atoms with Crippen LogP contribution in [-0.2, 0) is 13.1 Å². The van der Waals surface area contributed by atoms with Crippen LogP contribution in [0.4, 0.5) is 0 Å². The van der Waals surface area contributed by atoms with E-state index in [1.165, 1.54) is 16.8 Å². The fraction of sp³-hybridized carbons (Fsp3) is 0.222. The minimum atomic E-state index is -0.0661. The molecule has 4 aromatic rings. The second-order valence-corrected chi connectivity index (χ2v) is 7.77. The third-order valence-corrected chi connectivity index (χ3v) is 5.77. The van der Waals surface area contributed by atoms with Crippen molar-refractivity contribution < 1.29 is 9.53 Å². The van der Waals surface area contributed by atoms with Crippen LogP contribution in [0.2, 0.25) is 0 Å². The third-order valence-electron chi connectivity index (χ3n) is 5.77. The minimum Gasteiger partial charge on any atom is -0.494 e. The lowest BCUT2D eigenvalue weighted by Crippen LogP contribution is -2.22. The number of fused-ring (bicyclic) bond motifs is 1. The number of nitrogens with zero attached hydrogens (tertiary/aromatic N) is 1. The number of hydrogen-bond acceptors (Lipinski definition) is 2. The molecule has 4 heteroatoms. The highest BCUT2D eigenvalue weighted by atomic mass is 16.5. The molecule has 1 amide bonds. The normalized spacial score (nSPS) is 10.9. The molecule has 0 unspecified atom stereocenters. The van der Waals surface area contributed by atoms with Gasteiger partial charge in [0.05, 0.1) is 6.61 Å². The SMILES string of the molecule is CCOc1ccc(CNC(=O)c2ccc3c(c2)c(C)c(C)n3Cc2ccccc2)cc1. The quantitative estimate of drug-likeness (QED) is 0.427. The number of carbonyl (C=O) groups is 1. The van der Waals surface area contributed by atoms with Crippen molar-refractivity contribution in [3.63, 3.8) is 0 Å². The van der Waals surface area contributed by atoms with E-state index >= 15 is 0 Å². The third kappa shape index (κ3) is 4.48. The molecule has 0 spiro atoms. The Kier molecular flexibility index (Phi) is 6.08. The van der Waals surface area contributed by atoms with Gasteiger partial charge in [-0.1, -0.05) is 42.5 Å². The Balaban J connectivity index is 1.52. The molecule has 31 heavy (non-hydrogen) atoms. The first-order valence-corrected chi connectivity index (χ1v) is 10.7. The van der Waals surface area contributed by atoms with Crippen molar-refractivity contribution in [2.75, 3.05) is 6.61 Å². The Bertz CT molecular complexity index is 1190. The van der Waals surface area contributed by atoms with Gasteiger partial charge in [0, 0.05) is 35.2 Å². The Labute approximate surface area is 183 Å². The van der Waals surface area contributed by atoms with Gasteiger partial charge in [-0.3, -0.25) is 4.79 Å². The van der Waals surface area contributed by atoms with Crippen molar-refractivity contribution in [3.05, 3.63) is 101 Å². The zero-order valence-corrected chi connectivity index (χ0v) is 18.3. The molecular formula is C27H28N2O2. The molecule has 158 valence electrons. The largest absolute Gasteiger partial charge is 0.494 e. The molecule has 4 rings (SSSR count). The number of hydrogen-bond donors (Lipinski definition) is 1. The Morgan fingerprint density at radius 2 is 1.68 bits per heavy atom. The van der Waals surface area contributed by atoms with Crippen molar-refractivity contribution in [1.82, 2.24) is 9.88 Å². The molecule has 0 atom stereocenters. The molecule has 1 aromatic heterocycles. The van der Waals surface area contributed by atoms with Crippen LogP contribution in [0.25, 0.3) is 10.9 Å². The average Bonchev–Trinajstić information content (AvgIpc) is 3.03. The summed E-state index contributed by atoms with van der Waals surface area (Å²) in [5, 5.41) is 4.15. The number of nitrogens with one attached hydrogen (secondary N) is 1. The van der Waals surface area contributed by atoms with Gasteiger partial charge in [-0.2, -0.15) is 0 Å². The summed E-state index contributed by atoms with van der Waals surface area (Å²) in [7, 11) is 0. The van der Waals surface area contributed by atoms with Gasteiger partial charge in [0.2, 0.25) is 0 Å². The van der Waals surface area contributed by atoms with E-state index in [9.17, 15) is 4.79 Å². The molecule has 1 heterocycles. The average molecular weight is 413 g/mol. The fourth-order valence-corrected chi connectivity index (χ4v) is 3.92. The van der Waals surface area contributed by atoms with Crippen molar-refractivity contribution >= 4 is 16.8 Å². The maximum Gasteiger partial charge on any atom is 0.251 e. The van der Waals surface area contributed by atoms with Crippen LogP contribution in [0.1, 0.15) is 39.7 Å². The molecule has 0 aliphatic rings. The predicted octanol–water partition coefficient (Wildman–Crippen LogP) is 5.64. The highest BCUT2D eigenvalue weighted by molar-refractivity contribution is 5.99. The van der Waals surface area contributed by atoms with Crippen LogP contribution in [0.3, 0.4) is 0 Å². The molecule has 3 aromatic carbocycles. The summed E-state index contributed by atoms with van der Waals surface area (Å²) in [6.45, 7) is 8.18. The first kappa shape index (κ1) is 20.7. The number of aryl methyl sites for hydroxylation is 1. The number of rotatable bonds is 7. The summed E-state index contributed by atoms with van der Waals surface area (Å²) in [4.78, 5) is 12.8. The number of carbonyl (C=O) groups excluding carboxylic acids is 1. The molecule has 0 saturated heterocycles. The minimum absolute atomic E-state index is 0.0661. The Morgan fingerprint density at radius 1 is 0.935 bits per heavy atom. The zero-order chi connectivity index (χ0) is 21.8. The summed E-state index contributed by atoms with van der Waals surface area (Å²) in [5.41, 5.74) is 6.58. The molecule has 0 bridgehead atoms. The van der Waals surface area contributed by atoms with Crippen molar-refractivity contribution in [1.29, 1.82) is 0 Å². The molecule has 0 fully saturated rings. The first-order valence-electron chi connectivity index (χ1n) is 10.7. The number of amides is 1. The highest BCUT2D eigenvalue weighted by Crippen LogP contribution is 2.27. The van der Waals surface area contributed by atoms with Crippen LogP contribution in [-0.4, -0.2) is 17.1 Å². The van der Waals surface area contributed by atoms with Crippen LogP contribution in [0.15, 0.2) is 72.8 Å².